The SMILES string of the molecule is C1=CC2CC3CCC(CC4C=CC(CC5CCC(CC1S2)S5)S4)S3. The molecule has 8 atom stereocenters. The Morgan fingerprint density at radius 1 is 0.417 bits per heavy atom. The van der Waals surface area contributed by atoms with E-state index in [1.54, 1.807) is 0 Å². The highest BCUT2D eigenvalue weighted by molar-refractivity contribution is 8.03. The smallest absolute Gasteiger partial charge is 0.0243 e. The van der Waals surface area contributed by atoms with Gasteiger partial charge in [0.2, 0.25) is 0 Å². The summed E-state index contributed by atoms with van der Waals surface area (Å²) >= 11 is 9.24. The van der Waals surface area contributed by atoms with Gasteiger partial charge in [-0.2, -0.15) is 23.5 Å². The first-order chi connectivity index (χ1) is 11.8. The second kappa shape index (κ2) is 7.48. The molecule has 24 heavy (non-hydrogen) atoms. The molecule has 3 fully saturated rings. The van der Waals surface area contributed by atoms with Crippen molar-refractivity contribution in [1.82, 2.24) is 0 Å². The van der Waals surface area contributed by atoms with Gasteiger partial charge in [-0.25, -0.2) is 0 Å². The van der Waals surface area contributed by atoms with Crippen LogP contribution in [0.15, 0.2) is 24.3 Å². The molecule has 8 unspecified atom stereocenters. The van der Waals surface area contributed by atoms with E-state index in [4.69, 9.17) is 0 Å². The Balaban J connectivity index is 1.28. The fourth-order valence-corrected chi connectivity index (χ4v) is 11.9. The number of fused-ring (bicyclic) bond motifs is 8. The molecule has 0 aromatic heterocycles. The summed E-state index contributed by atoms with van der Waals surface area (Å²) < 4.78 is 0. The Labute approximate surface area is 164 Å². The van der Waals surface area contributed by atoms with Gasteiger partial charge < -0.3 is 0 Å². The quantitative estimate of drug-likeness (QED) is 0.449. The molecule has 0 spiro atoms. The summed E-state index contributed by atoms with van der Waals surface area (Å²) in [5.41, 5.74) is 0. The third kappa shape index (κ3) is 3.92. The van der Waals surface area contributed by atoms with Crippen LogP contribution in [0.25, 0.3) is 0 Å². The predicted molar refractivity (Wildman–Crippen MR) is 116 cm³/mol. The van der Waals surface area contributed by atoms with Crippen molar-refractivity contribution >= 4 is 47.0 Å². The maximum absolute atomic E-state index is 2.55. The van der Waals surface area contributed by atoms with Crippen molar-refractivity contribution in [3.63, 3.8) is 0 Å². The molecule has 0 amide bonds. The first kappa shape index (κ1) is 17.0. The molecule has 0 saturated carbocycles. The van der Waals surface area contributed by atoms with Crippen LogP contribution in [-0.2, 0) is 0 Å². The normalized spacial score (nSPS) is 50.7. The van der Waals surface area contributed by atoms with E-state index in [0.29, 0.717) is 0 Å². The zero-order chi connectivity index (χ0) is 15.9. The van der Waals surface area contributed by atoms with E-state index in [9.17, 15) is 0 Å². The van der Waals surface area contributed by atoms with Crippen LogP contribution in [0, 0.1) is 0 Å². The van der Waals surface area contributed by atoms with Crippen LogP contribution in [0.4, 0.5) is 0 Å². The average Bonchev–Trinajstić information content (AvgIpc) is 3.32. The van der Waals surface area contributed by atoms with E-state index in [2.05, 4.69) is 71.4 Å². The van der Waals surface area contributed by atoms with Crippen LogP contribution in [0.5, 0.6) is 0 Å². The monoisotopic (exact) mass is 396 g/mol. The van der Waals surface area contributed by atoms with E-state index in [0.717, 1.165) is 42.0 Å². The van der Waals surface area contributed by atoms with E-state index in [-0.39, 0.29) is 0 Å². The Morgan fingerprint density at radius 2 is 0.708 bits per heavy atom. The highest BCUT2D eigenvalue weighted by atomic mass is 32.2. The second-order valence-corrected chi connectivity index (χ2v) is 14.2. The van der Waals surface area contributed by atoms with Gasteiger partial charge >= 0.3 is 0 Å². The van der Waals surface area contributed by atoms with Crippen molar-refractivity contribution in [2.24, 2.45) is 0 Å². The molecule has 0 nitrogen and oxygen atoms in total. The molecule has 132 valence electrons. The average molecular weight is 397 g/mol. The molecular formula is C20H28S4. The number of thioether (sulfide) groups is 4. The van der Waals surface area contributed by atoms with E-state index in [1.807, 2.05) is 0 Å². The van der Waals surface area contributed by atoms with Crippen molar-refractivity contribution in [3.05, 3.63) is 24.3 Å². The van der Waals surface area contributed by atoms with E-state index in [1.165, 1.54) is 51.4 Å². The summed E-state index contributed by atoms with van der Waals surface area (Å²) in [6.07, 6.45) is 21.8. The summed E-state index contributed by atoms with van der Waals surface area (Å²) in [6.45, 7) is 0. The number of rotatable bonds is 0. The lowest BCUT2D eigenvalue weighted by Crippen LogP contribution is -2.13. The molecular weight excluding hydrogens is 368 g/mol. The maximum Gasteiger partial charge on any atom is 0.0243 e. The topological polar surface area (TPSA) is 0 Å². The molecule has 4 heteroatoms. The largest absolute Gasteiger partial charge is 0.155 e. The van der Waals surface area contributed by atoms with Crippen molar-refractivity contribution in [2.45, 2.75) is 93.4 Å². The highest BCUT2D eigenvalue weighted by Gasteiger charge is 2.35. The molecule has 5 rings (SSSR count). The molecule has 5 aliphatic heterocycles. The van der Waals surface area contributed by atoms with Crippen LogP contribution in [0.1, 0.15) is 51.4 Å². The van der Waals surface area contributed by atoms with Gasteiger partial charge in [0.1, 0.15) is 0 Å². The van der Waals surface area contributed by atoms with Gasteiger partial charge in [0.05, 0.1) is 0 Å². The molecule has 0 aromatic carbocycles. The zero-order valence-electron chi connectivity index (χ0n) is 14.2. The lowest BCUT2D eigenvalue weighted by Gasteiger charge is -2.21. The molecule has 5 heterocycles. The van der Waals surface area contributed by atoms with Crippen molar-refractivity contribution in [3.8, 4) is 0 Å². The minimum absolute atomic E-state index is 0.812. The summed E-state index contributed by atoms with van der Waals surface area (Å²) in [6, 6.07) is 0. The van der Waals surface area contributed by atoms with E-state index < -0.39 is 0 Å². The molecule has 0 aromatic rings. The van der Waals surface area contributed by atoms with Crippen LogP contribution >= 0.6 is 47.0 Å². The van der Waals surface area contributed by atoms with Crippen molar-refractivity contribution < 1.29 is 0 Å². The second-order valence-electron chi connectivity index (χ2n) is 8.05. The fraction of sp³-hybridized carbons (Fsp3) is 0.800. The number of hydrogen-bond donors (Lipinski definition) is 0. The zero-order valence-corrected chi connectivity index (χ0v) is 17.5. The van der Waals surface area contributed by atoms with Gasteiger partial charge in [0.25, 0.3) is 0 Å². The van der Waals surface area contributed by atoms with Gasteiger partial charge in [-0.1, -0.05) is 24.3 Å². The van der Waals surface area contributed by atoms with Crippen LogP contribution < -0.4 is 0 Å². The predicted octanol–water partition coefficient (Wildman–Crippen LogP) is 6.17. The lowest BCUT2D eigenvalue weighted by atomic mass is 10.1. The van der Waals surface area contributed by atoms with Gasteiger partial charge in [0, 0.05) is 42.0 Å². The van der Waals surface area contributed by atoms with Gasteiger partial charge in [-0.15, -0.1) is 23.5 Å². The molecule has 0 radical (unpaired) electrons. The molecule has 0 aliphatic carbocycles. The third-order valence-electron chi connectivity index (χ3n) is 6.15. The lowest BCUT2D eigenvalue weighted by molar-refractivity contribution is 0.671. The van der Waals surface area contributed by atoms with Crippen molar-refractivity contribution in [2.75, 3.05) is 0 Å². The maximum atomic E-state index is 2.55. The summed E-state index contributed by atoms with van der Waals surface area (Å²) in [5.74, 6) is 0. The Bertz CT molecular complexity index is 430. The number of hydrogen-bond acceptors (Lipinski definition) is 4. The minimum atomic E-state index is 0.812. The minimum Gasteiger partial charge on any atom is -0.155 e. The third-order valence-corrected chi connectivity index (χ3v) is 12.2. The standard InChI is InChI=1S/C20H28S4/c1-2-14-10-16-5-6-18(23-16)12-20-8-7-19(24-20)11-17-4-3-15(22-17)9-13(1)21-14/h1-2,7-8,13-20H,3-6,9-12H2. The Morgan fingerprint density at radius 3 is 1.00 bits per heavy atom. The summed E-state index contributed by atoms with van der Waals surface area (Å²) in [4.78, 5) is 0. The Kier molecular flexibility index (Phi) is 5.30. The van der Waals surface area contributed by atoms with Crippen LogP contribution in [0.3, 0.4) is 0 Å². The molecule has 0 N–H and O–H groups in total. The molecule has 5 aliphatic rings. The molecule has 3 saturated heterocycles. The van der Waals surface area contributed by atoms with E-state index >= 15 is 0 Å². The Hall–Kier alpha value is 0.880. The summed E-state index contributed by atoms with van der Waals surface area (Å²) in [5, 5.41) is 6.97. The fourth-order valence-electron chi connectivity index (χ4n) is 4.95. The first-order valence-electron chi connectivity index (χ1n) is 9.78. The van der Waals surface area contributed by atoms with Crippen molar-refractivity contribution in [1.29, 1.82) is 0 Å². The molecule has 8 bridgehead atoms. The van der Waals surface area contributed by atoms with Gasteiger partial charge in [0.15, 0.2) is 0 Å². The van der Waals surface area contributed by atoms with Gasteiger partial charge in [-0.3, -0.25) is 0 Å². The summed E-state index contributed by atoms with van der Waals surface area (Å²) in [7, 11) is 0. The van der Waals surface area contributed by atoms with Crippen LogP contribution in [-0.4, -0.2) is 42.0 Å². The first-order valence-corrected chi connectivity index (χ1v) is 13.6. The van der Waals surface area contributed by atoms with Crippen LogP contribution in [0.2, 0.25) is 0 Å². The highest BCUT2D eigenvalue weighted by Crippen LogP contribution is 2.48. The van der Waals surface area contributed by atoms with Gasteiger partial charge in [-0.05, 0) is 51.4 Å².